The van der Waals surface area contributed by atoms with E-state index in [-0.39, 0.29) is 0 Å². The molecule has 0 fully saturated rings. The van der Waals surface area contributed by atoms with Gasteiger partial charge in [0.1, 0.15) is 7.11 Å². The van der Waals surface area contributed by atoms with E-state index in [1.54, 1.807) is 13.3 Å². The predicted molar refractivity (Wildman–Crippen MR) is 66.7 cm³/mol. The van der Waals surface area contributed by atoms with Gasteiger partial charge in [-0.15, -0.1) is 0 Å². The van der Waals surface area contributed by atoms with E-state index in [0.717, 1.165) is 17.7 Å². The maximum Gasteiger partial charge on any atom is 0.106 e. The van der Waals surface area contributed by atoms with Crippen molar-refractivity contribution in [3.8, 4) is 0 Å². The average molecular weight is 216 g/mol. The molecule has 84 valence electrons. The molecule has 1 aromatic rings. The Kier molecular flexibility index (Phi) is 3.04. The quantitative estimate of drug-likeness (QED) is 0.565. The maximum absolute atomic E-state index is 4.66. The number of aliphatic imine (C=N–C) groups is 1. The summed E-state index contributed by atoms with van der Waals surface area (Å²) in [6.45, 7) is 4.36. The summed E-state index contributed by atoms with van der Waals surface area (Å²) in [5.41, 5.74) is 4.66. The molecule has 0 unspecified atom stereocenters. The zero-order valence-corrected chi connectivity index (χ0v) is 9.90. The van der Waals surface area contributed by atoms with Crippen LogP contribution >= 0.6 is 0 Å². The Bertz CT molecular complexity index is 447. The number of hydrogen-bond donors (Lipinski definition) is 0. The molecular weight excluding hydrogens is 200 g/mol. The topological polar surface area (TPSA) is 34.0 Å². The summed E-state index contributed by atoms with van der Waals surface area (Å²) >= 11 is 0. The molecule has 1 heterocycles. The highest BCUT2D eigenvalue weighted by molar-refractivity contribution is 5.96. The first-order valence-electron chi connectivity index (χ1n) is 5.47. The monoisotopic (exact) mass is 216 g/mol. The van der Waals surface area contributed by atoms with Crippen LogP contribution in [0.2, 0.25) is 0 Å². The van der Waals surface area contributed by atoms with Crippen molar-refractivity contribution in [3.63, 3.8) is 0 Å². The van der Waals surface area contributed by atoms with Gasteiger partial charge in [-0.3, -0.25) is 4.99 Å². The Hall–Kier alpha value is -1.64. The van der Waals surface area contributed by atoms with Gasteiger partial charge in [-0.1, -0.05) is 31.1 Å². The lowest BCUT2D eigenvalue weighted by Gasteiger charge is -2.01. The third-order valence-electron chi connectivity index (χ3n) is 2.72. The normalized spacial score (nSPS) is 14.4. The van der Waals surface area contributed by atoms with Crippen LogP contribution in [0.3, 0.4) is 0 Å². The van der Waals surface area contributed by atoms with Crippen molar-refractivity contribution in [1.29, 1.82) is 0 Å². The van der Waals surface area contributed by atoms with Gasteiger partial charge in [-0.25, -0.2) is 0 Å². The van der Waals surface area contributed by atoms with Gasteiger partial charge in [0.25, 0.3) is 0 Å². The molecule has 16 heavy (non-hydrogen) atoms. The molecule has 0 amide bonds. The molecule has 0 aromatic heterocycles. The van der Waals surface area contributed by atoms with E-state index in [4.69, 9.17) is 0 Å². The van der Waals surface area contributed by atoms with Crippen LogP contribution in [0.5, 0.6) is 0 Å². The van der Waals surface area contributed by atoms with Gasteiger partial charge >= 0.3 is 0 Å². The van der Waals surface area contributed by atoms with Crippen LogP contribution in [0.4, 0.5) is 5.69 Å². The van der Waals surface area contributed by atoms with Crippen molar-refractivity contribution in [1.82, 2.24) is 0 Å². The fourth-order valence-corrected chi connectivity index (χ4v) is 1.75. The lowest BCUT2D eigenvalue weighted by Crippen LogP contribution is -2.06. The molecule has 0 atom stereocenters. The first kappa shape index (κ1) is 10.9. The minimum absolute atomic E-state index is 0.517. The molecule has 0 aliphatic carbocycles. The SMILES string of the molecule is CON=Cc1ccc2c(c1)N=C(C(C)C)C2. The van der Waals surface area contributed by atoms with Crippen LogP contribution in [0.15, 0.2) is 28.3 Å². The second kappa shape index (κ2) is 4.47. The molecule has 1 aliphatic rings. The van der Waals surface area contributed by atoms with Crippen LogP contribution in [-0.4, -0.2) is 19.0 Å². The van der Waals surface area contributed by atoms with E-state index in [9.17, 15) is 0 Å². The zero-order valence-electron chi connectivity index (χ0n) is 9.90. The van der Waals surface area contributed by atoms with Crippen molar-refractivity contribution < 1.29 is 4.84 Å². The summed E-state index contributed by atoms with van der Waals surface area (Å²) in [6.07, 6.45) is 2.68. The van der Waals surface area contributed by atoms with Crippen molar-refractivity contribution in [2.45, 2.75) is 20.3 Å². The molecule has 1 aromatic carbocycles. The van der Waals surface area contributed by atoms with E-state index < -0.39 is 0 Å². The smallest absolute Gasteiger partial charge is 0.106 e. The van der Waals surface area contributed by atoms with Crippen molar-refractivity contribution in [2.75, 3.05) is 7.11 Å². The third kappa shape index (κ3) is 2.13. The van der Waals surface area contributed by atoms with Gasteiger partial charge in [0, 0.05) is 12.1 Å². The molecule has 1 aliphatic heterocycles. The van der Waals surface area contributed by atoms with E-state index in [1.807, 2.05) is 12.1 Å². The van der Waals surface area contributed by atoms with Gasteiger partial charge in [0.15, 0.2) is 0 Å². The largest absolute Gasteiger partial charge is 0.399 e. The summed E-state index contributed by atoms with van der Waals surface area (Å²) in [7, 11) is 1.54. The molecule has 0 radical (unpaired) electrons. The average Bonchev–Trinajstić information content (AvgIpc) is 2.69. The second-order valence-corrected chi connectivity index (χ2v) is 4.24. The summed E-state index contributed by atoms with van der Waals surface area (Å²) in [5.74, 6) is 0.517. The zero-order chi connectivity index (χ0) is 11.5. The van der Waals surface area contributed by atoms with Gasteiger partial charge in [-0.2, -0.15) is 0 Å². The third-order valence-corrected chi connectivity index (χ3v) is 2.72. The Morgan fingerprint density at radius 2 is 2.25 bits per heavy atom. The molecule has 3 nitrogen and oxygen atoms in total. The first-order chi connectivity index (χ1) is 7.70. The lowest BCUT2D eigenvalue weighted by molar-refractivity contribution is 0.215. The fraction of sp³-hybridized carbons (Fsp3) is 0.385. The number of hydrogen-bond acceptors (Lipinski definition) is 3. The summed E-state index contributed by atoms with van der Waals surface area (Å²) in [6, 6.07) is 6.21. The molecular formula is C13H16N2O. The molecule has 0 saturated heterocycles. The molecule has 3 heteroatoms. The van der Waals surface area contributed by atoms with E-state index in [2.05, 4.69) is 34.9 Å². The standard InChI is InChI=1S/C13H16N2O/c1-9(2)12-7-11-5-4-10(8-14-16-3)6-13(11)15-12/h4-6,8-9H,7H2,1-3H3. The van der Waals surface area contributed by atoms with Crippen molar-refractivity contribution in [2.24, 2.45) is 16.1 Å². The van der Waals surface area contributed by atoms with E-state index in [0.29, 0.717) is 5.92 Å². The van der Waals surface area contributed by atoms with Crippen LogP contribution in [-0.2, 0) is 11.3 Å². The molecule has 2 rings (SSSR count). The van der Waals surface area contributed by atoms with Gasteiger partial charge in [0.05, 0.1) is 11.9 Å². The molecule has 0 bridgehead atoms. The number of rotatable bonds is 3. The van der Waals surface area contributed by atoms with E-state index in [1.165, 1.54) is 11.3 Å². The fourth-order valence-electron chi connectivity index (χ4n) is 1.75. The number of benzene rings is 1. The first-order valence-corrected chi connectivity index (χ1v) is 5.47. The van der Waals surface area contributed by atoms with Crippen LogP contribution in [0, 0.1) is 5.92 Å². The highest BCUT2D eigenvalue weighted by Gasteiger charge is 2.16. The molecule has 0 N–H and O–H groups in total. The van der Waals surface area contributed by atoms with Gasteiger partial charge in [0.2, 0.25) is 0 Å². The Balaban J connectivity index is 2.27. The van der Waals surface area contributed by atoms with Crippen LogP contribution in [0.25, 0.3) is 0 Å². The van der Waals surface area contributed by atoms with Gasteiger partial charge in [-0.05, 0) is 23.1 Å². The number of oxime groups is 1. The van der Waals surface area contributed by atoms with E-state index >= 15 is 0 Å². The number of fused-ring (bicyclic) bond motifs is 1. The van der Waals surface area contributed by atoms with Crippen molar-refractivity contribution >= 4 is 17.6 Å². The molecule has 0 saturated carbocycles. The maximum atomic E-state index is 4.66. The number of nitrogens with zero attached hydrogens (tertiary/aromatic N) is 2. The highest BCUT2D eigenvalue weighted by Crippen LogP contribution is 2.29. The van der Waals surface area contributed by atoms with Crippen molar-refractivity contribution in [3.05, 3.63) is 29.3 Å². The molecule has 0 spiro atoms. The minimum Gasteiger partial charge on any atom is -0.399 e. The Morgan fingerprint density at radius 1 is 1.44 bits per heavy atom. The van der Waals surface area contributed by atoms with Crippen LogP contribution in [0.1, 0.15) is 25.0 Å². The summed E-state index contributed by atoms with van der Waals surface area (Å²) < 4.78 is 0. The van der Waals surface area contributed by atoms with Crippen LogP contribution < -0.4 is 0 Å². The lowest BCUT2D eigenvalue weighted by atomic mass is 10.0. The predicted octanol–water partition coefficient (Wildman–Crippen LogP) is 2.95. The summed E-state index contributed by atoms with van der Waals surface area (Å²) in [4.78, 5) is 9.29. The second-order valence-electron chi connectivity index (χ2n) is 4.24. The van der Waals surface area contributed by atoms with Gasteiger partial charge < -0.3 is 4.84 Å². The highest BCUT2D eigenvalue weighted by atomic mass is 16.6. The Morgan fingerprint density at radius 3 is 2.94 bits per heavy atom. The summed E-state index contributed by atoms with van der Waals surface area (Å²) in [5, 5.41) is 3.75. The Labute approximate surface area is 95.8 Å². The minimum atomic E-state index is 0.517.